The number of carbonyl (C=O) groups excluding carboxylic acids is 1. The van der Waals surface area contributed by atoms with Crippen molar-refractivity contribution in [2.24, 2.45) is 5.92 Å². The molecule has 116 valence electrons. The monoisotopic (exact) mass is 298 g/mol. The number of amides is 1. The van der Waals surface area contributed by atoms with Crippen molar-refractivity contribution in [3.8, 4) is 5.75 Å². The third kappa shape index (κ3) is 3.57. The summed E-state index contributed by atoms with van der Waals surface area (Å²) >= 11 is 0. The molecule has 4 nitrogen and oxygen atoms in total. The molecule has 0 radical (unpaired) electrons. The number of fused-ring (bicyclic) bond motifs is 1. The fraction of sp³-hybridized carbons (Fsp3) is 0.389. The average Bonchev–Trinajstić information content (AvgIpc) is 2.59. The smallest absolute Gasteiger partial charge is 0.223 e. The maximum absolute atomic E-state index is 12.0. The molecule has 1 aliphatic rings. The van der Waals surface area contributed by atoms with Crippen molar-refractivity contribution >= 4 is 16.7 Å². The number of piperidine rings is 1. The van der Waals surface area contributed by atoms with Crippen molar-refractivity contribution < 1.29 is 9.53 Å². The minimum Gasteiger partial charge on any atom is -0.491 e. The highest BCUT2D eigenvalue weighted by atomic mass is 16.5. The molecule has 1 amide bonds. The van der Waals surface area contributed by atoms with Crippen LogP contribution < -0.4 is 15.4 Å². The molecule has 1 saturated heterocycles. The average molecular weight is 298 g/mol. The molecule has 1 heterocycles. The van der Waals surface area contributed by atoms with E-state index in [0.29, 0.717) is 13.2 Å². The Morgan fingerprint density at radius 1 is 1.14 bits per heavy atom. The quantitative estimate of drug-likeness (QED) is 0.833. The number of rotatable bonds is 5. The zero-order chi connectivity index (χ0) is 15.2. The van der Waals surface area contributed by atoms with Crippen LogP contribution in [0.2, 0.25) is 0 Å². The second-order valence-electron chi connectivity index (χ2n) is 5.64. The summed E-state index contributed by atoms with van der Waals surface area (Å²) in [7, 11) is 0. The van der Waals surface area contributed by atoms with Crippen molar-refractivity contribution in [2.75, 3.05) is 26.2 Å². The summed E-state index contributed by atoms with van der Waals surface area (Å²) in [6.07, 6.45) is 1.85. The second-order valence-corrected chi connectivity index (χ2v) is 5.64. The molecule has 22 heavy (non-hydrogen) atoms. The maximum atomic E-state index is 12.0. The van der Waals surface area contributed by atoms with Gasteiger partial charge in [0.2, 0.25) is 5.91 Å². The molecule has 2 aromatic rings. The fourth-order valence-electron chi connectivity index (χ4n) is 2.89. The number of ether oxygens (including phenoxy) is 1. The van der Waals surface area contributed by atoms with Crippen LogP contribution in [0.25, 0.3) is 10.8 Å². The van der Waals surface area contributed by atoms with E-state index in [2.05, 4.69) is 28.8 Å². The molecule has 0 bridgehead atoms. The van der Waals surface area contributed by atoms with Gasteiger partial charge in [0.05, 0.1) is 6.54 Å². The molecular formula is C18H22N2O2. The maximum Gasteiger partial charge on any atom is 0.223 e. The first-order valence-corrected chi connectivity index (χ1v) is 7.93. The summed E-state index contributed by atoms with van der Waals surface area (Å²) in [4.78, 5) is 12.0. The molecule has 3 rings (SSSR count). The predicted octanol–water partition coefficient (Wildman–Crippen LogP) is 2.33. The number of carbonyl (C=O) groups is 1. The second kappa shape index (κ2) is 7.27. The van der Waals surface area contributed by atoms with Gasteiger partial charge in [-0.25, -0.2) is 0 Å². The Bertz CT molecular complexity index is 631. The van der Waals surface area contributed by atoms with Crippen LogP contribution in [0.5, 0.6) is 5.75 Å². The molecule has 0 atom stereocenters. The normalized spacial score (nSPS) is 15.6. The van der Waals surface area contributed by atoms with Crippen molar-refractivity contribution in [3.05, 3.63) is 42.5 Å². The van der Waals surface area contributed by atoms with Crippen LogP contribution in [-0.2, 0) is 4.79 Å². The van der Waals surface area contributed by atoms with E-state index in [1.54, 1.807) is 0 Å². The third-order valence-electron chi connectivity index (χ3n) is 4.12. The Morgan fingerprint density at radius 2 is 1.91 bits per heavy atom. The standard InChI is InChI=1S/C18H22N2O2/c21-18(15-8-10-19-11-9-15)20-12-13-22-17-7-3-5-14-4-1-2-6-16(14)17/h1-7,15,19H,8-13H2,(H,20,21). The van der Waals surface area contributed by atoms with Crippen molar-refractivity contribution in [3.63, 3.8) is 0 Å². The van der Waals surface area contributed by atoms with Gasteiger partial charge in [0.25, 0.3) is 0 Å². The number of nitrogens with one attached hydrogen (secondary N) is 2. The van der Waals surface area contributed by atoms with Crippen molar-refractivity contribution in [1.29, 1.82) is 0 Å². The number of hydrogen-bond donors (Lipinski definition) is 2. The largest absolute Gasteiger partial charge is 0.491 e. The molecule has 1 aliphatic heterocycles. The van der Waals surface area contributed by atoms with Gasteiger partial charge in [-0.2, -0.15) is 0 Å². The van der Waals surface area contributed by atoms with Gasteiger partial charge in [-0.15, -0.1) is 0 Å². The van der Waals surface area contributed by atoms with Crippen LogP contribution in [0.3, 0.4) is 0 Å². The van der Waals surface area contributed by atoms with E-state index in [-0.39, 0.29) is 11.8 Å². The summed E-state index contributed by atoms with van der Waals surface area (Å²) in [5.41, 5.74) is 0. The van der Waals surface area contributed by atoms with E-state index in [0.717, 1.165) is 37.1 Å². The van der Waals surface area contributed by atoms with E-state index >= 15 is 0 Å². The van der Waals surface area contributed by atoms with E-state index in [4.69, 9.17) is 4.74 Å². The summed E-state index contributed by atoms with van der Waals surface area (Å²) in [6, 6.07) is 14.2. The SMILES string of the molecule is O=C(NCCOc1cccc2ccccc12)C1CCNCC1. The molecule has 0 aromatic heterocycles. The predicted molar refractivity (Wildman–Crippen MR) is 88.0 cm³/mol. The first-order valence-electron chi connectivity index (χ1n) is 7.93. The number of benzene rings is 2. The van der Waals surface area contributed by atoms with Crippen LogP contribution in [0.15, 0.2) is 42.5 Å². The minimum absolute atomic E-state index is 0.152. The van der Waals surface area contributed by atoms with Crippen molar-refractivity contribution in [1.82, 2.24) is 10.6 Å². The van der Waals surface area contributed by atoms with Gasteiger partial charge >= 0.3 is 0 Å². The topological polar surface area (TPSA) is 50.4 Å². The lowest BCUT2D eigenvalue weighted by Gasteiger charge is -2.21. The van der Waals surface area contributed by atoms with Crippen LogP contribution >= 0.6 is 0 Å². The van der Waals surface area contributed by atoms with Crippen LogP contribution in [0, 0.1) is 5.92 Å². The summed E-state index contributed by atoms with van der Waals surface area (Å²) in [5, 5.41) is 8.52. The number of hydrogen-bond acceptors (Lipinski definition) is 3. The molecule has 0 unspecified atom stereocenters. The Hall–Kier alpha value is -2.07. The van der Waals surface area contributed by atoms with Gasteiger partial charge in [-0.3, -0.25) is 4.79 Å². The molecule has 4 heteroatoms. The summed E-state index contributed by atoms with van der Waals surface area (Å²) < 4.78 is 5.83. The van der Waals surface area contributed by atoms with Crippen molar-refractivity contribution in [2.45, 2.75) is 12.8 Å². The molecule has 0 saturated carbocycles. The lowest BCUT2D eigenvalue weighted by molar-refractivity contribution is -0.125. The fourth-order valence-corrected chi connectivity index (χ4v) is 2.89. The highest BCUT2D eigenvalue weighted by Crippen LogP contribution is 2.24. The van der Waals surface area contributed by atoms with Gasteiger partial charge in [-0.1, -0.05) is 36.4 Å². The van der Waals surface area contributed by atoms with E-state index in [1.165, 1.54) is 5.39 Å². The zero-order valence-corrected chi connectivity index (χ0v) is 12.7. The molecule has 2 N–H and O–H groups in total. The van der Waals surface area contributed by atoms with E-state index in [9.17, 15) is 4.79 Å². The van der Waals surface area contributed by atoms with Gasteiger partial charge < -0.3 is 15.4 Å². The molecule has 0 aliphatic carbocycles. The lowest BCUT2D eigenvalue weighted by atomic mass is 9.97. The molecule has 0 spiro atoms. The van der Waals surface area contributed by atoms with Gasteiger partial charge in [0, 0.05) is 11.3 Å². The van der Waals surface area contributed by atoms with Gasteiger partial charge in [-0.05, 0) is 37.4 Å². The lowest BCUT2D eigenvalue weighted by Crippen LogP contribution is -2.39. The minimum atomic E-state index is 0.152. The molecule has 2 aromatic carbocycles. The Kier molecular flexibility index (Phi) is 4.91. The Balaban J connectivity index is 1.49. The van der Waals surface area contributed by atoms with Crippen LogP contribution in [0.1, 0.15) is 12.8 Å². The highest BCUT2D eigenvalue weighted by molar-refractivity contribution is 5.88. The van der Waals surface area contributed by atoms with Gasteiger partial charge in [0.1, 0.15) is 12.4 Å². The summed E-state index contributed by atoms with van der Waals surface area (Å²) in [6.45, 7) is 2.91. The van der Waals surface area contributed by atoms with Crippen LogP contribution in [0.4, 0.5) is 0 Å². The zero-order valence-electron chi connectivity index (χ0n) is 12.7. The Morgan fingerprint density at radius 3 is 2.77 bits per heavy atom. The molecule has 1 fully saturated rings. The Labute approximate surface area is 130 Å². The first-order chi connectivity index (χ1) is 10.8. The van der Waals surface area contributed by atoms with Crippen LogP contribution in [-0.4, -0.2) is 32.1 Å². The first kappa shape index (κ1) is 14.9. The van der Waals surface area contributed by atoms with E-state index in [1.807, 2.05) is 24.3 Å². The third-order valence-corrected chi connectivity index (χ3v) is 4.12. The highest BCUT2D eigenvalue weighted by Gasteiger charge is 2.20. The van der Waals surface area contributed by atoms with E-state index < -0.39 is 0 Å². The molecular weight excluding hydrogens is 276 g/mol. The summed E-state index contributed by atoms with van der Waals surface area (Å²) in [5.74, 6) is 1.18. The van der Waals surface area contributed by atoms with Gasteiger partial charge in [0.15, 0.2) is 0 Å².